The molecule has 1 amide bonds. The third kappa shape index (κ3) is 3.38. The standard InChI is InChI=1S/C16H20ClN3O/c17-13-8-9-18-15-12(13)10-14(20-15)16(21)19-11-6-4-2-1-3-5-7-11/h8-11H,1-7H2,(H,18,20)(H,19,21). The van der Waals surface area contributed by atoms with Crippen LogP contribution in [0.1, 0.15) is 55.4 Å². The Bertz CT molecular complexity index is 629. The molecule has 0 unspecified atom stereocenters. The second-order valence-electron chi connectivity index (χ2n) is 5.75. The summed E-state index contributed by atoms with van der Waals surface area (Å²) in [7, 11) is 0. The van der Waals surface area contributed by atoms with Gasteiger partial charge in [-0.05, 0) is 25.0 Å². The van der Waals surface area contributed by atoms with E-state index >= 15 is 0 Å². The normalized spacial score (nSPS) is 17.4. The van der Waals surface area contributed by atoms with Gasteiger partial charge in [0, 0.05) is 17.6 Å². The number of nitrogens with zero attached hydrogens (tertiary/aromatic N) is 1. The summed E-state index contributed by atoms with van der Waals surface area (Å²) < 4.78 is 0. The van der Waals surface area contributed by atoms with Crippen LogP contribution in [0.15, 0.2) is 18.3 Å². The first-order chi connectivity index (χ1) is 10.2. The molecule has 21 heavy (non-hydrogen) atoms. The number of hydrogen-bond acceptors (Lipinski definition) is 2. The summed E-state index contributed by atoms with van der Waals surface area (Å²) in [6, 6.07) is 3.80. The van der Waals surface area contributed by atoms with Crippen LogP contribution in [-0.4, -0.2) is 21.9 Å². The Morgan fingerprint density at radius 2 is 1.95 bits per heavy atom. The lowest BCUT2D eigenvalue weighted by Gasteiger charge is -2.20. The van der Waals surface area contributed by atoms with E-state index in [1.54, 1.807) is 18.3 Å². The van der Waals surface area contributed by atoms with Crippen molar-refractivity contribution in [1.29, 1.82) is 0 Å². The van der Waals surface area contributed by atoms with E-state index in [1.807, 2.05) is 0 Å². The number of fused-ring (bicyclic) bond motifs is 1. The fourth-order valence-corrected chi connectivity index (χ4v) is 3.18. The number of amides is 1. The van der Waals surface area contributed by atoms with Crippen LogP contribution < -0.4 is 5.32 Å². The van der Waals surface area contributed by atoms with Gasteiger partial charge < -0.3 is 10.3 Å². The predicted octanol–water partition coefficient (Wildman–Crippen LogP) is 4.06. The molecule has 3 rings (SSSR count). The summed E-state index contributed by atoms with van der Waals surface area (Å²) in [5.41, 5.74) is 1.19. The Hall–Kier alpha value is -1.55. The number of carbonyl (C=O) groups is 1. The summed E-state index contributed by atoms with van der Waals surface area (Å²) in [5.74, 6) is -0.0605. The van der Waals surface area contributed by atoms with E-state index in [1.165, 1.54) is 32.1 Å². The van der Waals surface area contributed by atoms with Crippen molar-refractivity contribution in [2.45, 2.75) is 51.0 Å². The van der Waals surface area contributed by atoms with Crippen molar-refractivity contribution in [3.63, 3.8) is 0 Å². The van der Waals surface area contributed by atoms with Gasteiger partial charge >= 0.3 is 0 Å². The predicted molar refractivity (Wildman–Crippen MR) is 84.7 cm³/mol. The highest BCUT2D eigenvalue weighted by Gasteiger charge is 2.17. The van der Waals surface area contributed by atoms with Gasteiger partial charge in [-0.1, -0.05) is 43.7 Å². The number of H-pyrrole nitrogens is 1. The number of hydrogen-bond donors (Lipinski definition) is 2. The summed E-state index contributed by atoms with van der Waals surface area (Å²) in [6.07, 6.45) is 10.1. The highest BCUT2D eigenvalue weighted by molar-refractivity contribution is 6.35. The largest absolute Gasteiger partial charge is 0.348 e. The summed E-state index contributed by atoms with van der Waals surface area (Å²) in [6.45, 7) is 0. The fraction of sp³-hybridized carbons (Fsp3) is 0.500. The lowest BCUT2D eigenvalue weighted by Crippen LogP contribution is -2.35. The summed E-state index contributed by atoms with van der Waals surface area (Å²) >= 11 is 6.11. The van der Waals surface area contributed by atoms with E-state index in [9.17, 15) is 4.79 Å². The van der Waals surface area contributed by atoms with Gasteiger partial charge in [0.2, 0.25) is 0 Å². The average Bonchev–Trinajstić information content (AvgIpc) is 2.87. The number of halogens is 1. The molecule has 1 fully saturated rings. The van der Waals surface area contributed by atoms with Crippen molar-refractivity contribution < 1.29 is 4.79 Å². The van der Waals surface area contributed by atoms with Crippen LogP contribution in [0.5, 0.6) is 0 Å². The third-order valence-corrected chi connectivity index (χ3v) is 4.49. The van der Waals surface area contributed by atoms with Crippen molar-refractivity contribution in [2.75, 3.05) is 0 Å². The Balaban J connectivity index is 1.72. The lowest BCUT2D eigenvalue weighted by atomic mass is 9.96. The molecule has 0 radical (unpaired) electrons. The maximum Gasteiger partial charge on any atom is 0.267 e. The molecule has 0 aliphatic heterocycles. The van der Waals surface area contributed by atoms with Crippen LogP contribution in [-0.2, 0) is 0 Å². The number of aromatic amines is 1. The first kappa shape index (κ1) is 14.4. The Labute approximate surface area is 129 Å². The molecule has 0 aromatic carbocycles. The summed E-state index contributed by atoms with van der Waals surface area (Å²) in [4.78, 5) is 19.6. The quantitative estimate of drug-likeness (QED) is 0.879. The van der Waals surface area contributed by atoms with E-state index in [0.29, 0.717) is 16.4 Å². The fourth-order valence-electron chi connectivity index (χ4n) is 2.98. The zero-order valence-electron chi connectivity index (χ0n) is 12.0. The molecule has 0 atom stereocenters. The molecule has 2 heterocycles. The highest BCUT2D eigenvalue weighted by Crippen LogP contribution is 2.22. The lowest BCUT2D eigenvalue weighted by molar-refractivity contribution is 0.0926. The molecule has 0 bridgehead atoms. The molecule has 112 valence electrons. The molecule has 5 heteroatoms. The van der Waals surface area contributed by atoms with Gasteiger partial charge in [0.1, 0.15) is 11.3 Å². The Morgan fingerprint density at radius 3 is 2.67 bits per heavy atom. The van der Waals surface area contributed by atoms with Gasteiger partial charge in [0.05, 0.1) is 5.02 Å². The van der Waals surface area contributed by atoms with Gasteiger partial charge in [-0.25, -0.2) is 4.98 Å². The maximum atomic E-state index is 12.4. The molecule has 2 N–H and O–H groups in total. The maximum absolute atomic E-state index is 12.4. The third-order valence-electron chi connectivity index (χ3n) is 4.16. The minimum Gasteiger partial charge on any atom is -0.348 e. The zero-order chi connectivity index (χ0) is 14.7. The van der Waals surface area contributed by atoms with Gasteiger partial charge in [0.15, 0.2) is 0 Å². The number of nitrogens with one attached hydrogen (secondary N) is 2. The molecular weight excluding hydrogens is 286 g/mol. The van der Waals surface area contributed by atoms with E-state index < -0.39 is 0 Å². The average molecular weight is 306 g/mol. The first-order valence-electron chi connectivity index (χ1n) is 7.68. The molecule has 2 aromatic rings. The van der Waals surface area contributed by atoms with E-state index in [0.717, 1.165) is 18.2 Å². The van der Waals surface area contributed by atoms with Crippen LogP contribution in [0.2, 0.25) is 5.02 Å². The minimum atomic E-state index is -0.0605. The van der Waals surface area contributed by atoms with E-state index in [-0.39, 0.29) is 11.9 Å². The SMILES string of the molecule is O=C(NC1CCCCCCC1)c1cc2c(Cl)ccnc2[nH]1. The smallest absolute Gasteiger partial charge is 0.267 e. The molecule has 1 aliphatic carbocycles. The molecule has 0 spiro atoms. The van der Waals surface area contributed by atoms with Crippen LogP contribution >= 0.6 is 11.6 Å². The van der Waals surface area contributed by atoms with Crippen molar-refractivity contribution in [3.8, 4) is 0 Å². The second kappa shape index (κ2) is 6.48. The minimum absolute atomic E-state index is 0.0605. The summed E-state index contributed by atoms with van der Waals surface area (Å²) in [5, 5.41) is 4.55. The van der Waals surface area contributed by atoms with Crippen molar-refractivity contribution in [2.24, 2.45) is 0 Å². The Morgan fingerprint density at radius 1 is 1.24 bits per heavy atom. The van der Waals surface area contributed by atoms with Crippen molar-refractivity contribution >= 4 is 28.5 Å². The molecule has 2 aromatic heterocycles. The van der Waals surface area contributed by atoms with E-state index in [4.69, 9.17) is 11.6 Å². The zero-order valence-corrected chi connectivity index (χ0v) is 12.7. The van der Waals surface area contributed by atoms with Crippen LogP contribution in [0.4, 0.5) is 0 Å². The molecule has 1 aliphatic rings. The van der Waals surface area contributed by atoms with E-state index in [2.05, 4.69) is 15.3 Å². The monoisotopic (exact) mass is 305 g/mol. The number of carbonyl (C=O) groups excluding carboxylic acids is 1. The van der Waals surface area contributed by atoms with Gasteiger partial charge in [-0.3, -0.25) is 4.79 Å². The second-order valence-corrected chi connectivity index (χ2v) is 6.16. The molecule has 0 saturated heterocycles. The number of rotatable bonds is 2. The Kier molecular flexibility index (Phi) is 4.44. The molecule has 1 saturated carbocycles. The van der Waals surface area contributed by atoms with Crippen molar-refractivity contribution in [3.05, 3.63) is 29.0 Å². The molecule has 4 nitrogen and oxygen atoms in total. The van der Waals surface area contributed by atoms with Crippen molar-refractivity contribution in [1.82, 2.24) is 15.3 Å². The highest BCUT2D eigenvalue weighted by atomic mass is 35.5. The number of pyridine rings is 1. The molecular formula is C16H20ClN3O. The van der Waals surface area contributed by atoms with Gasteiger partial charge in [-0.2, -0.15) is 0 Å². The van der Waals surface area contributed by atoms with Crippen LogP contribution in [0.3, 0.4) is 0 Å². The topological polar surface area (TPSA) is 57.8 Å². The van der Waals surface area contributed by atoms with Crippen LogP contribution in [0.25, 0.3) is 11.0 Å². The number of aromatic nitrogens is 2. The first-order valence-corrected chi connectivity index (χ1v) is 8.06. The van der Waals surface area contributed by atoms with Crippen LogP contribution in [0, 0.1) is 0 Å². The van der Waals surface area contributed by atoms with Gasteiger partial charge in [-0.15, -0.1) is 0 Å². The van der Waals surface area contributed by atoms with Gasteiger partial charge in [0.25, 0.3) is 5.91 Å².